The Kier molecular flexibility index (Phi) is 4.42. The highest BCUT2D eigenvalue weighted by atomic mass is 16.2. The summed E-state index contributed by atoms with van der Waals surface area (Å²) in [6.07, 6.45) is 1.19. The van der Waals surface area contributed by atoms with Crippen LogP contribution in [0.3, 0.4) is 0 Å². The summed E-state index contributed by atoms with van der Waals surface area (Å²) in [6, 6.07) is 16.8. The molecule has 0 radical (unpaired) electrons. The lowest BCUT2D eigenvalue weighted by Crippen LogP contribution is -2.38. The van der Waals surface area contributed by atoms with Gasteiger partial charge >= 0.3 is 0 Å². The third-order valence-corrected chi connectivity index (χ3v) is 4.08. The molecule has 0 saturated heterocycles. The van der Waals surface area contributed by atoms with Gasteiger partial charge in [-0.15, -0.1) is 0 Å². The van der Waals surface area contributed by atoms with Gasteiger partial charge in [0.15, 0.2) is 0 Å². The lowest BCUT2D eigenvalue weighted by Gasteiger charge is -2.20. The van der Waals surface area contributed by atoms with E-state index in [1.165, 1.54) is 5.56 Å². The third kappa shape index (κ3) is 3.42. The van der Waals surface area contributed by atoms with Gasteiger partial charge in [0, 0.05) is 30.3 Å². The molecule has 2 aromatic rings. The van der Waals surface area contributed by atoms with Crippen molar-refractivity contribution in [1.29, 1.82) is 0 Å². The molecule has 1 atom stereocenters. The van der Waals surface area contributed by atoms with Crippen LogP contribution in [-0.4, -0.2) is 24.4 Å². The van der Waals surface area contributed by atoms with Crippen molar-refractivity contribution in [3.05, 3.63) is 65.7 Å². The summed E-state index contributed by atoms with van der Waals surface area (Å²) in [5, 5.41) is 2.89. The number of carbonyl (C=O) groups is 2. The van der Waals surface area contributed by atoms with Gasteiger partial charge in [-0.2, -0.15) is 0 Å². The maximum atomic E-state index is 12.5. The number of hydrogen-bond donors (Lipinski definition) is 1. The monoisotopic (exact) mass is 308 g/mol. The molecule has 0 aliphatic carbocycles. The van der Waals surface area contributed by atoms with E-state index < -0.39 is 0 Å². The normalized spacial score (nSPS) is 14.2. The molecule has 0 unspecified atom stereocenters. The number of rotatable bonds is 4. The molecular formula is C19H20N2O2. The highest BCUT2D eigenvalue weighted by Crippen LogP contribution is 2.28. The summed E-state index contributed by atoms with van der Waals surface area (Å²) in [6.45, 7) is 2.58. The van der Waals surface area contributed by atoms with Crippen LogP contribution in [-0.2, 0) is 11.2 Å². The lowest BCUT2D eigenvalue weighted by atomic mass is 10.1. The predicted octanol–water partition coefficient (Wildman–Crippen LogP) is 2.78. The van der Waals surface area contributed by atoms with E-state index in [4.69, 9.17) is 0 Å². The first-order chi connectivity index (χ1) is 11.1. The van der Waals surface area contributed by atoms with Crippen molar-refractivity contribution < 1.29 is 9.59 Å². The largest absolute Gasteiger partial charge is 0.349 e. The first kappa shape index (κ1) is 15.3. The Labute approximate surface area is 136 Å². The second kappa shape index (κ2) is 6.65. The van der Waals surface area contributed by atoms with E-state index in [1.807, 2.05) is 48.2 Å². The number of para-hydroxylation sites is 1. The number of nitrogens with zero attached hydrogens (tertiary/aromatic N) is 1. The van der Waals surface area contributed by atoms with Crippen molar-refractivity contribution >= 4 is 17.5 Å². The molecule has 1 heterocycles. The average Bonchev–Trinajstić information content (AvgIpc) is 2.99. The van der Waals surface area contributed by atoms with Gasteiger partial charge in [0.05, 0.1) is 0 Å². The molecule has 4 nitrogen and oxygen atoms in total. The molecule has 0 spiro atoms. The average molecular weight is 308 g/mol. The molecule has 0 fully saturated rings. The number of benzene rings is 2. The highest BCUT2D eigenvalue weighted by Gasteiger charge is 2.25. The number of fused-ring (bicyclic) bond motifs is 1. The molecule has 2 aromatic carbocycles. The van der Waals surface area contributed by atoms with Crippen LogP contribution in [0.15, 0.2) is 54.6 Å². The van der Waals surface area contributed by atoms with Gasteiger partial charge in [0.2, 0.25) is 5.91 Å². The van der Waals surface area contributed by atoms with E-state index in [-0.39, 0.29) is 17.9 Å². The molecule has 0 saturated carbocycles. The molecule has 1 aliphatic rings. The maximum absolute atomic E-state index is 12.5. The minimum atomic E-state index is -0.206. The highest BCUT2D eigenvalue weighted by molar-refractivity contribution is 5.97. The fourth-order valence-corrected chi connectivity index (χ4v) is 2.92. The molecule has 1 aliphatic heterocycles. The minimum absolute atomic E-state index is 0.0517. The quantitative estimate of drug-likeness (QED) is 0.944. The van der Waals surface area contributed by atoms with E-state index in [9.17, 15) is 9.59 Å². The zero-order chi connectivity index (χ0) is 16.2. The van der Waals surface area contributed by atoms with Gasteiger partial charge in [0.1, 0.15) is 0 Å². The molecule has 4 heteroatoms. The van der Waals surface area contributed by atoms with Crippen molar-refractivity contribution in [2.24, 2.45) is 0 Å². The number of amides is 2. The summed E-state index contributed by atoms with van der Waals surface area (Å²) >= 11 is 0. The van der Waals surface area contributed by atoms with Gasteiger partial charge in [0.25, 0.3) is 5.91 Å². The van der Waals surface area contributed by atoms with Crippen molar-refractivity contribution in [2.75, 3.05) is 11.4 Å². The number of carbonyl (C=O) groups excluding carboxylic acids is 2. The molecule has 23 heavy (non-hydrogen) atoms. The van der Waals surface area contributed by atoms with Crippen LogP contribution < -0.4 is 10.2 Å². The Morgan fingerprint density at radius 1 is 1.09 bits per heavy atom. The Morgan fingerprint density at radius 2 is 1.78 bits per heavy atom. The van der Waals surface area contributed by atoms with E-state index >= 15 is 0 Å². The van der Waals surface area contributed by atoms with Crippen LogP contribution in [0.2, 0.25) is 0 Å². The summed E-state index contributed by atoms with van der Waals surface area (Å²) in [7, 11) is 0. The predicted molar refractivity (Wildman–Crippen MR) is 90.5 cm³/mol. The molecule has 2 amide bonds. The summed E-state index contributed by atoms with van der Waals surface area (Å²) in [5.41, 5.74) is 2.82. The van der Waals surface area contributed by atoms with E-state index in [2.05, 4.69) is 11.4 Å². The zero-order valence-corrected chi connectivity index (χ0v) is 13.2. The molecule has 118 valence electrons. The van der Waals surface area contributed by atoms with Crippen LogP contribution in [0.4, 0.5) is 5.69 Å². The molecule has 0 aromatic heterocycles. The van der Waals surface area contributed by atoms with E-state index in [1.54, 1.807) is 12.1 Å². The summed E-state index contributed by atoms with van der Waals surface area (Å²) < 4.78 is 0. The Morgan fingerprint density at radius 3 is 2.57 bits per heavy atom. The number of nitrogens with one attached hydrogen (secondary N) is 1. The first-order valence-corrected chi connectivity index (χ1v) is 7.89. The summed E-state index contributed by atoms with van der Waals surface area (Å²) in [4.78, 5) is 26.5. The van der Waals surface area contributed by atoms with Crippen molar-refractivity contribution in [3.8, 4) is 0 Å². The zero-order valence-electron chi connectivity index (χ0n) is 13.2. The molecule has 3 rings (SSSR count). The fourth-order valence-electron chi connectivity index (χ4n) is 2.92. The van der Waals surface area contributed by atoms with Crippen molar-refractivity contribution in [1.82, 2.24) is 5.32 Å². The van der Waals surface area contributed by atoms with Crippen LogP contribution in [0.5, 0.6) is 0 Å². The van der Waals surface area contributed by atoms with Crippen molar-refractivity contribution in [3.63, 3.8) is 0 Å². The number of anilines is 1. The molecular weight excluding hydrogens is 288 g/mol. The SMILES string of the molecule is C[C@H](CC(=O)N1CCc2ccccc21)NC(=O)c1ccccc1. The molecule has 0 bridgehead atoms. The second-order valence-electron chi connectivity index (χ2n) is 5.87. The lowest BCUT2D eigenvalue weighted by molar-refractivity contribution is -0.118. The van der Waals surface area contributed by atoms with Crippen LogP contribution in [0.1, 0.15) is 29.3 Å². The topological polar surface area (TPSA) is 49.4 Å². The Bertz CT molecular complexity index is 712. The fraction of sp³-hybridized carbons (Fsp3) is 0.263. The Balaban J connectivity index is 1.59. The Hall–Kier alpha value is -2.62. The van der Waals surface area contributed by atoms with Crippen molar-refractivity contribution in [2.45, 2.75) is 25.8 Å². The maximum Gasteiger partial charge on any atom is 0.251 e. The van der Waals surface area contributed by atoms with Gasteiger partial charge in [-0.3, -0.25) is 9.59 Å². The van der Waals surface area contributed by atoms with E-state index in [0.29, 0.717) is 12.0 Å². The third-order valence-electron chi connectivity index (χ3n) is 4.08. The van der Waals surface area contributed by atoms with E-state index in [0.717, 1.165) is 18.7 Å². The van der Waals surface area contributed by atoms with Crippen LogP contribution in [0, 0.1) is 0 Å². The second-order valence-corrected chi connectivity index (χ2v) is 5.87. The summed E-state index contributed by atoms with van der Waals surface area (Å²) in [5.74, 6) is -0.0940. The molecule has 1 N–H and O–H groups in total. The van der Waals surface area contributed by atoms with Gasteiger partial charge in [-0.25, -0.2) is 0 Å². The number of hydrogen-bond acceptors (Lipinski definition) is 2. The van der Waals surface area contributed by atoms with Gasteiger partial charge in [-0.1, -0.05) is 36.4 Å². The van der Waals surface area contributed by atoms with Crippen LogP contribution in [0.25, 0.3) is 0 Å². The minimum Gasteiger partial charge on any atom is -0.349 e. The van der Waals surface area contributed by atoms with Crippen LogP contribution >= 0.6 is 0 Å². The smallest absolute Gasteiger partial charge is 0.251 e. The van der Waals surface area contributed by atoms with Gasteiger partial charge in [-0.05, 0) is 37.1 Å². The first-order valence-electron chi connectivity index (χ1n) is 7.89. The standard InChI is InChI=1S/C19H20N2O2/c1-14(20-19(23)16-8-3-2-4-9-16)13-18(22)21-12-11-15-7-5-6-10-17(15)21/h2-10,14H,11-13H2,1H3,(H,20,23)/t14-/m1/s1. The van der Waals surface area contributed by atoms with Gasteiger partial charge < -0.3 is 10.2 Å².